The first-order valence-corrected chi connectivity index (χ1v) is 7.80. The van der Waals surface area contributed by atoms with Crippen LogP contribution in [0.25, 0.3) is 0 Å². The van der Waals surface area contributed by atoms with Crippen molar-refractivity contribution < 1.29 is 8.42 Å². The van der Waals surface area contributed by atoms with Gasteiger partial charge >= 0.3 is 0 Å². The first-order valence-electron chi connectivity index (χ1n) is 6.31. The highest BCUT2D eigenvalue weighted by molar-refractivity contribution is 7.92. The van der Waals surface area contributed by atoms with E-state index in [0.29, 0.717) is 5.69 Å². The second-order valence-electron chi connectivity index (χ2n) is 5.73. The molecule has 0 spiro atoms. The minimum Gasteiger partial charge on any atom is -0.278 e. The van der Waals surface area contributed by atoms with Crippen LogP contribution in [0.3, 0.4) is 0 Å². The van der Waals surface area contributed by atoms with Crippen LogP contribution in [-0.2, 0) is 22.5 Å². The quantitative estimate of drug-likeness (QED) is 0.945. The molecule has 6 heteroatoms. The van der Waals surface area contributed by atoms with Gasteiger partial charge in [-0.3, -0.25) is 9.40 Å². The first kappa shape index (κ1) is 14.6. The number of nitrogens with zero attached hydrogens (tertiary/aromatic N) is 2. The van der Waals surface area contributed by atoms with Gasteiger partial charge in [-0.05, 0) is 29.2 Å². The average molecular weight is 293 g/mol. The Morgan fingerprint density at radius 3 is 2.15 bits per heavy atom. The van der Waals surface area contributed by atoms with Crippen LogP contribution < -0.4 is 4.72 Å². The van der Waals surface area contributed by atoms with Crippen molar-refractivity contribution >= 4 is 15.7 Å². The Balaban J connectivity index is 2.25. The highest BCUT2D eigenvalue weighted by atomic mass is 32.2. The molecule has 0 fully saturated rings. The van der Waals surface area contributed by atoms with Crippen molar-refractivity contribution in [2.24, 2.45) is 7.05 Å². The van der Waals surface area contributed by atoms with Crippen LogP contribution in [0.1, 0.15) is 26.3 Å². The lowest BCUT2D eigenvalue weighted by molar-refractivity contribution is 0.582. The topological polar surface area (TPSA) is 64.0 Å². The van der Waals surface area contributed by atoms with Crippen LogP contribution in [0.2, 0.25) is 0 Å². The molecule has 0 amide bonds. The second-order valence-corrected chi connectivity index (χ2v) is 7.36. The maximum Gasteiger partial charge on any atom is 0.279 e. The van der Waals surface area contributed by atoms with Crippen molar-refractivity contribution in [1.29, 1.82) is 0 Å². The Hall–Kier alpha value is -1.82. The van der Waals surface area contributed by atoms with Gasteiger partial charge in [0.05, 0.1) is 6.20 Å². The number of sulfonamides is 1. The average Bonchev–Trinajstić information content (AvgIpc) is 2.75. The largest absolute Gasteiger partial charge is 0.279 e. The summed E-state index contributed by atoms with van der Waals surface area (Å²) in [7, 11) is -2.00. The van der Waals surface area contributed by atoms with Gasteiger partial charge in [-0.25, -0.2) is 0 Å². The number of nitrogens with one attached hydrogen (secondary N) is 1. The standard InChI is InChI=1S/C14H19N3O2S/c1-14(2,3)11-5-7-12(8-6-11)16-20(18,19)13-9-10-15-17(13)4/h5-10,16H,1-4H3. The fourth-order valence-electron chi connectivity index (χ4n) is 1.87. The lowest BCUT2D eigenvalue weighted by atomic mass is 9.87. The molecule has 1 aromatic heterocycles. The number of benzene rings is 1. The van der Waals surface area contributed by atoms with Crippen LogP contribution in [0, 0.1) is 0 Å². The summed E-state index contributed by atoms with van der Waals surface area (Å²) >= 11 is 0. The third-order valence-corrected chi connectivity index (χ3v) is 4.51. The number of hydrogen-bond donors (Lipinski definition) is 1. The van der Waals surface area contributed by atoms with Gasteiger partial charge in [0.2, 0.25) is 0 Å². The van der Waals surface area contributed by atoms with Crippen molar-refractivity contribution in [2.45, 2.75) is 31.2 Å². The zero-order valence-electron chi connectivity index (χ0n) is 12.1. The van der Waals surface area contributed by atoms with Crippen molar-refractivity contribution in [1.82, 2.24) is 9.78 Å². The van der Waals surface area contributed by atoms with Crippen molar-refractivity contribution in [3.63, 3.8) is 0 Å². The molecule has 0 radical (unpaired) electrons. The molecule has 108 valence electrons. The van der Waals surface area contributed by atoms with E-state index in [1.165, 1.54) is 16.9 Å². The van der Waals surface area contributed by atoms with Crippen molar-refractivity contribution in [3.8, 4) is 0 Å². The minimum absolute atomic E-state index is 0.0411. The minimum atomic E-state index is -3.60. The molecular formula is C14H19N3O2S. The second kappa shape index (κ2) is 4.94. The molecule has 2 aromatic rings. The molecule has 2 rings (SSSR count). The lowest BCUT2D eigenvalue weighted by Gasteiger charge is -2.19. The van der Waals surface area contributed by atoms with E-state index >= 15 is 0 Å². The molecular weight excluding hydrogens is 274 g/mol. The summed E-state index contributed by atoms with van der Waals surface area (Å²) < 4.78 is 28.3. The normalized spacial score (nSPS) is 12.4. The summed E-state index contributed by atoms with van der Waals surface area (Å²) in [6.07, 6.45) is 1.46. The summed E-state index contributed by atoms with van der Waals surface area (Å²) in [4.78, 5) is 0. The molecule has 0 unspecified atom stereocenters. The summed E-state index contributed by atoms with van der Waals surface area (Å²) in [6, 6.07) is 8.87. The SMILES string of the molecule is Cn1nccc1S(=O)(=O)Nc1ccc(C(C)(C)C)cc1. The summed E-state index contributed by atoms with van der Waals surface area (Å²) in [5.74, 6) is 0. The summed E-state index contributed by atoms with van der Waals surface area (Å²) in [5.41, 5.74) is 1.74. The Morgan fingerprint density at radius 2 is 1.70 bits per heavy atom. The summed E-state index contributed by atoms with van der Waals surface area (Å²) in [5, 5.41) is 4.00. The van der Waals surface area contributed by atoms with Crippen molar-refractivity contribution in [2.75, 3.05) is 4.72 Å². The maximum atomic E-state index is 12.2. The summed E-state index contributed by atoms with van der Waals surface area (Å²) in [6.45, 7) is 6.34. The number of hydrogen-bond acceptors (Lipinski definition) is 3. The zero-order valence-corrected chi connectivity index (χ0v) is 12.9. The molecule has 1 N–H and O–H groups in total. The lowest BCUT2D eigenvalue weighted by Crippen LogP contribution is -2.17. The molecule has 1 heterocycles. The van der Waals surface area contributed by atoms with Gasteiger partial charge in [-0.2, -0.15) is 13.5 Å². The van der Waals surface area contributed by atoms with E-state index in [2.05, 4.69) is 30.6 Å². The molecule has 0 aliphatic rings. The Labute approximate surface area is 119 Å². The van der Waals surface area contributed by atoms with Gasteiger partial charge in [0.25, 0.3) is 10.0 Å². The van der Waals surface area contributed by atoms with Gasteiger partial charge in [0.15, 0.2) is 5.03 Å². The van der Waals surface area contributed by atoms with E-state index in [1.807, 2.05) is 12.1 Å². The van der Waals surface area contributed by atoms with Crippen LogP contribution in [0.4, 0.5) is 5.69 Å². The third kappa shape index (κ3) is 3.01. The van der Waals surface area contributed by atoms with E-state index in [9.17, 15) is 8.42 Å². The molecule has 0 atom stereocenters. The number of rotatable bonds is 3. The Bertz CT molecular complexity index is 695. The predicted octanol–water partition coefficient (Wildman–Crippen LogP) is 2.52. The molecule has 20 heavy (non-hydrogen) atoms. The van der Waals surface area contributed by atoms with E-state index in [0.717, 1.165) is 5.56 Å². The van der Waals surface area contributed by atoms with Gasteiger partial charge in [-0.15, -0.1) is 0 Å². The number of aromatic nitrogens is 2. The maximum absolute atomic E-state index is 12.2. The zero-order chi connectivity index (χ0) is 15.0. The fraction of sp³-hybridized carbons (Fsp3) is 0.357. The molecule has 0 aliphatic carbocycles. The molecule has 0 saturated carbocycles. The molecule has 0 bridgehead atoms. The van der Waals surface area contributed by atoms with E-state index < -0.39 is 10.0 Å². The Morgan fingerprint density at radius 1 is 1.10 bits per heavy atom. The highest BCUT2D eigenvalue weighted by Gasteiger charge is 2.18. The first-order chi connectivity index (χ1) is 9.20. The van der Waals surface area contributed by atoms with Crippen LogP contribution in [-0.4, -0.2) is 18.2 Å². The van der Waals surface area contributed by atoms with E-state index in [-0.39, 0.29) is 10.4 Å². The molecule has 0 saturated heterocycles. The van der Waals surface area contributed by atoms with Crippen LogP contribution >= 0.6 is 0 Å². The third-order valence-electron chi connectivity index (χ3n) is 3.05. The van der Waals surface area contributed by atoms with E-state index in [1.54, 1.807) is 19.2 Å². The van der Waals surface area contributed by atoms with Gasteiger partial charge in [-0.1, -0.05) is 32.9 Å². The predicted molar refractivity (Wildman–Crippen MR) is 79.2 cm³/mol. The number of aryl methyl sites for hydroxylation is 1. The van der Waals surface area contributed by atoms with Crippen LogP contribution in [0.5, 0.6) is 0 Å². The number of anilines is 1. The molecule has 5 nitrogen and oxygen atoms in total. The van der Waals surface area contributed by atoms with Gasteiger partial charge in [0, 0.05) is 12.7 Å². The molecule has 0 aliphatic heterocycles. The fourth-order valence-corrected chi connectivity index (χ4v) is 3.06. The highest BCUT2D eigenvalue weighted by Crippen LogP contribution is 2.24. The monoisotopic (exact) mass is 293 g/mol. The van der Waals surface area contributed by atoms with Crippen molar-refractivity contribution in [3.05, 3.63) is 42.1 Å². The Kier molecular flexibility index (Phi) is 3.60. The van der Waals surface area contributed by atoms with Gasteiger partial charge in [0.1, 0.15) is 0 Å². The van der Waals surface area contributed by atoms with Gasteiger partial charge < -0.3 is 0 Å². The smallest absolute Gasteiger partial charge is 0.278 e. The van der Waals surface area contributed by atoms with Crippen LogP contribution in [0.15, 0.2) is 41.6 Å². The van der Waals surface area contributed by atoms with E-state index in [4.69, 9.17) is 0 Å². The molecule has 1 aromatic carbocycles.